The highest BCUT2D eigenvalue weighted by Crippen LogP contribution is 2.45. The lowest BCUT2D eigenvalue weighted by molar-refractivity contribution is 0.0977. The van der Waals surface area contributed by atoms with Crippen molar-refractivity contribution in [1.82, 2.24) is 4.90 Å². The van der Waals surface area contributed by atoms with Crippen molar-refractivity contribution in [3.63, 3.8) is 0 Å². The molecule has 3 aromatic carbocycles. The molecule has 4 nitrogen and oxygen atoms in total. The van der Waals surface area contributed by atoms with Gasteiger partial charge in [-0.1, -0.05) is 48.9 Å². The van der Waals surface area contributed by atoms with Crippen LogP contribution < -0.4 is 9.47 Å². The van der Waals surface area contributed by atoms with E-state index in [0.29, 0.717) is 17.9 Å². The highest BCUT2D eigenvalue weighted by Gasteiger charge is 2.24. The summed E-state index contributed by atoms with van der Waals surface area (Å²) >= 11 is 0. The molecule has 5 rings (SSSR count). The molecule has 1 aliphatic heterocycles. The van der Waals surface area contributed by atoms with E-state index in [1.807, 2.05) is 24.3 Å². The third kappa shape index (κ3) is 5.10. The van der Waals surface area contributed by atoms with Crippen LogP contribution in [0, 0.1) is 0 Å². The monoisotopic (exact) mass is 481 g/mol. The number of hydrogen-bond acceptors (Lipinski definition) is 4. The first-order valence-corrected chi connectivity index (χ1v) is 13.1. The van der Waals surface area contributed by atoms with Crippen LogP contribution in [0.25, 0.3) is 22.8 Å². The molecule has 36 heavy (non-hydrogen) atoms. The van der Waals surface area contributed by atoms with Crippen molar-refractivity contribution in [1.29, 1.82) is 0 Å². The van der Waals surface area contributed by atoms with Crippen LogP contribution in [-0.4, -0.2) is 44.5 Å². The SMILES string of the molecule is COc1ccc(C=C2c3ccccc3-c3ccc(C(=O)CCCCN4CCCCC4)cc32)cc1OC. The Hall–Kier alpha value is -3.37. The topological polar surface area (TPSA) is 38.8 Å². The van der Waals surface area contributed by atoms with E-state index in [9.17, 15) is 4.79 Å². The number of rotatable bonds is 9. The molecule has 0 amide bonds. The molecule has 1 aliphatic carbocycles. The van der Waals surface area contributed by atoms with E-state index >= 15 is 0 Å². The Bertz CT molecular complexity index is 1270. The maximum atomic E-state index is 13.1. The summed E-state index contributed by atoms with van der Waals surface area (Å²) in [6.07, 6.45) is 8.81. The van der Waals surface area contributed by atoms with Gasteiger partial charge in [0.2, 0.25) is 0 Å². The molecule has 4 heteroatoms. The van der Waals surface area contributed by atoms with E-state index < -0.39 is 0 Å². The van der Waals surface area contributed by atoms with Crippen LogP contribution in [0.5, 0.6) is 11.5 Å². The number of fused-ring (bicyclic) bond motifs is 3. The molecule has 0 radical (unpaired) electrons. The molecular formula is C32H35NO3. The summed E-state index contributed by atoms with van der Waals surface area (Å²) < 4.78 is 10.9. The maximum Gasteiger partial charge on any atom is 0.162 e. The lowest BCUT2D eigenvalue weighted by atomic mass is 9.96. The second kappa shape index (κ2) is 11.1. The standard InChI is InChI=1S/C32H35NO3/c1-35-31-16-13-23(21-32(31)36-2)20-28-26-11-5-4-10-25(26)27-15-14-24(22-29(27)28)30(34)12-6-9-19-33-17-7-3-8-18-33/h4-5,10-11,13-16,20-22H,3,6-9,12,17-19H2,1-2H3. The lowest BCUT2D eigenvalue weighted by Crippen LogP contribution is -2.30. The molecule has 186 valence electrons. The molecule has 2 aliphatic rings. The molecule has 0 unspecified atom stereocenters. The van der Waals surface area contributed by atoms with Crippen LogP contribution >= 0.6 is 0 Å². The molecule has 0 N–H and O–H groups in total. The first kappa shape index (κ1) is 24.3. The van der Waals surface area contributed by atoms with Crippen molar-refractivity contribution in [2.75, 3.05) is 33.9 Å². The second-order valence-electron chi connectivity index (χ2n) is 9.76. The Kier molecular flexibility index (Phi) is 7.52. The average Bonchev–Trinajstić information content (AvgIpc) is 3.24. The molecule has 0 saturated carbocycles. The molecule has 0 spiro atoms. The second-order valence-corrected chi connectivity index (χ2v) is 9.76. The summed E-state index contributed by atoms with van der Waals surface area (Å²) in [5.74, 6) is 1.64. The number of carbonyl (C=O) groups is 1. The molecule has 0 atom stereocenters. The quantitative estimate of drug-likeness (QED) is 0.189. The van der Waals surface area contributed by atoms with Gasteiger partial charge in [-0.3, -0.25) is 4.79 Å². The third-order valence-corrected chi connectivity index (χ3v) is 7.43. The third-order valence-electron chi connectivity index (χ3n) is 7.43. The van der Waals surface area contributed by atoms with Crippen molar-refractivity contribution in [3.8, 4) is 22.6 Å². The number of methoxy groups -OCH3 is 2. The number of benzene rings is 3. The number of ether oxygens (including phenoxy) is 2. The van der Waals surface area contributed by atoms with Gasteiger partial charge in [-0.2, -0.15) is 0 Å². The number of Topliss-reactive ketones (excluding diaryl/α,β-unsaturated/α-hetero) is 1. The number of unbranched alkanes of at least 4 members (excludes halogenated alkanes) is 1. The van der Waals surface area contributed by atoms with Crippen LogP contribution in [0.1, 0.15) is 65.6 Å². The van der Waals surface area contributed by atoms with E-state index in [-0.39, 0.29) is 5.78 Å². The van der Waals surface area contributed by atoms with Gasteiger partial charge in [-0.05, 0) is 103 Å². The first-order chi connectivity index (χ1) is 17.7. The van der Waals surface area contributed by atoms with Crippen LogP contribution in [-0.2, 0) is 0 Å². The van der Waals surface area contributed by atoms with Crippen LogP contribution in [0.3, 0.4) is 0 Å². The maximum absolute atomic E-state index is 13.1. The fourth-order valence-corrected chi connectivity index (χ4v) is 5.49. The Labute approximate surface area is 214 Å². The predicted molar refractivity (Wildman–Crippen MR) is 147 cm³/mol. The highest BCUT2D eigenvalue weighted by molar-refractivity contribution is 6.08. The minimum atomic E-state index is 0.234. The number of carbonyl (C=O) groups excluding carboxylic acids is 1. The summed E-state index contributed by atoms with van der Waals surface area (Å²) in [5.41, 5.74) is 7.65. The molecule has 0 aromatic heterocycles. The molecule has 3 aromatic rings. The molecular weight excluding hydrogens is 446 g/mol. The normalized spacial score (nSPS) is 16.0. The summed E-state index contributed by atoms with van der Waals surface area (Å²) in [7, 11) is 3.30. The summed E-state index contributed by atoms with van der Waals surface area (Å²) in [4.78, 5) is 15.7. The molecule has 0 bridgehead atoms. The van der Waals surface area contributed by atoms with Crippen molar-refractivity contribution in [2.24, 2.45) is 0 Å². The average molecular weight is 482 g/mol. The zero-order valence-electron chi connectivity index (χ0n) is 21.4. The van der Waals surface area contributed by atoms with Gasteiger partial charge in [0.15, 0.2) is 17.3 Å². The largest absolute Gasteiger partial charge is 0.493 e. The van der Waals surface area contributed by atoms with E-state index in [4.69, 9.17) is 9.47 Å². The minimum Gasteiger partial charge on any atom is -0.493 e. The molecule has 1 fully saturated rings. The van der Waals surface area contributed by atoms with E-state index in [2.05, 4.69) is 47.4 Å². The van der Waals surface area contributed by atoms with Gasteiger partial charge in [0.05, 0.1) is 14.2 Å². The Morgan fingerprint density at radius 2 is 1.56 bits per heavy atom. The van der Waals surface area contributed by atoms with E-state index in [1.54, 1.807) is 14.2 Å². The van der Waals surface area contributed by atoms with Crippen molar-refractivity contribution >= 4 is 17.4 Å². The van der Waals surface area contributed by atoms with Gasteiger partial charge in [0, 0.05) is 12.0 Å². The summed E-state index contributed by atoms with van der Waals surface area (Å²) in [6.45, 7) is 3.55. The number of likely N-dealkylation sites (tertiary alicyclic amines) is 1. The Balaban J connectivity index is 1.38. The number of piperidine rings is 1. The lowest BCUT2D eigenvalue weighted by Gasteiger charge is -2.26. The smallest absolute Gasteiger partial charge is 0.162 e. The molecule has 1 saturated heterocycles. The van der Waals surface area contributed by atoms with Gasteiger partial charge < -0.3 is 14.4 Å². The highest BCUT2D eigenvalue weighted by atomic mass is 16.5. The van der Waals surface area contributed by atoms with Crippen molar-refractivity contribution < 1.29 is 14.3 Å². The fraction of sp³-hybridized carbons (Fsp3) is 0.344. The van der Waals surface area contributed by atoms with Crippen molar-refractivity contribution in [3.05, 3.63) is 82.9 Å². The van der Waals surface area contributed by atoms with Gasteiger partial charge >= 0.3 is 0 Å². The Morgan fingerprint density at radius 3 is 2.33 bits per heavy atom. The number of hydrogen-bond donors (Lipinski definition) is 0. The fourth-order valence-electron chi connectivity index (χ4n) is 5.49. The first-order valence-electron chi connectivity index (χ1n) is 13.1. The van der Waals surface area contributed by atoms with Gasteiger partial charge in [-0.25, -0.2) is 0 Å². The van der Waals surface area contributed by atoms with Gasteiger partial charge in [0.1, 0.15) is 0 Å². The minimum absolute atomic E-state index is 0.234. The number of nitrogens with zero attached hydrogens (tertiary/aromatic N) is 1. The zero-order valence-corrected chi connectivity index (χ0v) is 21.4. The van der Waals surface area contributed by atoms with Crippen LogP contribution in [0.2, 0.25) is 0 Å². The van der Waals surface area contributed by atoms with E-state index in [1.165, 1.54) is 49.0 Å². The van der Waals surface area contributed by atoms with E-state index in [0.717, 1.165) is 41.6 Å². The molecule has 1 heterocycles. The zero-order chi connectivity index (χ0) is 24.9. The van der Waals surface area contributed by atoms with Crippen LogP contribution in [0.4, 0.5) is 0 Å². The van der Waals surface area contributed by atoms with Crippen molar-refractivity contribution in [2.45, 2.75) is 38.5 Å². The summed E-state index contributed by atoms with van der Waals surface area (Å²) in [5, 5.41) is 0. The van der Waals surface area contributed by atoms with Crippen LogP contribution in [0.15, 0.2) is 60.7 Å². The Morgan fingerprint density at radius 1 is 0.806 bits per heavy atom. The number of ketones is 1. The van der Waals surface area contributed by atoms with Gasteiger partial charge in [-0.15, -0.1) is 0 Å². The summed E-state index contributed by atoms with van der Waals surface area (Å²) in [6, 6.07) is 20.6. The van der Waals surface area contributed by atoms with Gasteiger partial charge in [0.25, 0.3) is 0 Å². The predicted octanol–water partition coefficient (Wildman–Crippen LogP) is 7.11.